The molecule has 4 heteroatoms. The Bertz CT molecular complexity index is 450. The van der Waals surface area contributed by atoms with Crippen LogP contribution < -0.4 is 11.1 Å². The quantitative estimate of drug-likeness (QED) is 0.755. The number of rotatable bonds is 3. The number of anilines is 1. The maximum absolute atomic E-state index is 11.0. The third-order valence-electron chi connectivity index (χ3n) is 2.03. The van der Waals surface area contributed by atoms with Gasteiger partial charge in [0.05, 0.1) is 0 Å². The van der Waals surface area contributed by atoms with Crippen LogP contribution in [0.25, 0.3) is 6.08 Å². The summed E-state index contributed by atoms with van der Waals surface area (Å²) in [6, 6.07) is 7.20. The molecule has 84 valence electrons. The van der Waals surface area contributed by atoms with E-state index in [1.807, 2.05) is 12.1 Å². The summed E-state index contributed by atoms with van der Waals surface area (Å²) < 4.78 is 0. The number of hydrogen-bond donors (Lipinski definition) is 2. The average molecular weight is 218 g/mol. The Morgan fingerprint density at radius 3 is 2.44 bits per heavy atom. The smallest absolute Gasteiger partial charge is 0.244 e. The first-order valence-corrected chi connectivity index (χ1v) is 4.85. The fourth-order valence-electron chi connectivity index (χ4n) is 1.23. The molecule has 0 radical (unpaired) electrons. The van der Waals surface area contributed by atoms with E-state index < -0.39 is 5.91 Å². The maximum Gasteiger partial charge on any atom is 0.244 e. The van der Waals surface area contributed by atoms with Gasteiger partial charge in [-0.25, -0.2) is 0 Å². The van der Waals surface area contributed by atoms with Gasteiger partial charge in [0.15, 0.2) is 0 Å². The molecule has 0 aliphatic rings. The van der Waals surface area contributed by atoms with Gasteiger partial charge in [0.2, 0.25) is 11.8 Å². The fraction of sp³-hybridized carbons (Fsp3) is 0.167. The Labute approximate surface area is 94.1 Å². The summed E-state index contributed by atoms with van der Waals surface area (Å²) in [4.78, 5) is 21.9. The molecule has 0 aliphatic carbocycles. The van der Waals surface area contributed by atoms with Gasteiger partial charge in [0, 0.05) is 18.2 Å². The van der Waals surface area contributed by atoms with E-state index >= 15 is 0 Å². The Balaban J connectivity index is 3.08. The Morgan fingerprint density at radius 2 is 1.88 bits per heavy atom. The second kappa shape index (κ2) is 5.11. The third-order valence-corrected chi connectivity index (χ3v) is 2.03. The van der Waals surface area contributed by atoms with E-state index in [2.05, 4.69) is 5.32 Å². The maximum atomic E-state index is 11.0. The molecule has 0 heterocycles. The van der Waals surface area contributed by atoms with Gasteiger partial charge in [-0.05, 0) is 24.6 Å². The van der Waals surface area contributed by atoms with Gasteiger partial charge < -0.3 is 11.1 Å². The first kappa shape index (κ1) is 12.0. The van der Waals surface area contributed by atoms with Crippen LogP contribution in [0.2, 0.25) is 0 Å². The lowest BCUT2D eigenvalue weighted by Gasteiger charge is -2.06. The minimum atomic E-state index is -0.474. The van der Waals surface area contributed by atoms with Crippen LogP contribution in [-0.4, -0.2) is 11.8 Å². The highest BCUT2D eigenvalue weighted by atomic mass is 16.1. The third kappa shape index (κ3) is 3.24. The van der Waals surface area contributed by atoms with Crippen molar-refractivity contribution >= 4 is 23.6 Å². The summed E-state index contributed by atoms with van der Waals surface area (Å²) in [5.41, 5.74) is 7.00. The van der Waals surface area contributed by atoms with E-state index in [1.165, 1.54) is 6.92 Å². The molecule has 1 rings (SSSR count). The van der Waals surface area contributed by atoms with Crippen molar-refractivity contribution in [2.45, 2.75) is 13.8 Å². The summed E-state index contributed by atoms with van der Waals surface area (Å²) in [6.45, 7) is 3.06. The molecular weight excluding hydrogens is 204 g/mol. The van der Waals surface area contributed by atoms with Crippen molar-refractivity contribution in [3.05, 3.63) is 35.4 Å². The first-order valence-electron chi connectivity index (χ1n) is 4.85. The topological polar surface area (TPSA) is 72.2 Å². The highest BCUT2D eigenvalue weighted by Crippen LogP contribution is 2.18. The highest BCUT2D eigenvalue weighted by molar-refractivity contribution is 5.98. The van der Waals surface area contributed by atoms with E-state index in [9.17, 15) is 9.59 Å². The molecule has 0 saturated carbocycles. The Kier molecular flexibility index (Phi) is 3.83. The number of para-hydroxylation sites is 1. The van der Waals surface area contributed by atoms with Gasteiger partial charge in [-0.15, -0.1) is 0 Å². The van der Waals surface area contributed by atoms with Crippen LogP contribution in [0.1, 0.15) is 19.4 Å². The molecule has 0 fully saturated rings. The summed E-state index contributed by atoms with van der Waals surface area (Å²) in [5, 5.41) is 2.68. The molecule has 0 atom stereocenters. The molecule has 1 aromatic rings. The lowest BCUT2D eigenvalue weighted by molar-refractivity contribution is -0.115. The monoisotopic (exact) mass is 218 g/mol. The summed E-state index contributed by atoms with van der Waals surface area (Å²) >= 11 is 0. The summed E-state index contributed by atoms with van der Waals surface area (Å²) in [5.74, 6) is -0.629. The molecule has 1 aromatic carbocycles. The number of primary amides is 1. The van der Waals surface area contributed by atoms with Crippen molar-refractivity contribution < 1.29 is 9.59 Å². The van der Waals surface area contributed by atoms with Crippen molar-refractivity contribution in [1.82, 2.24) is 0 Å². The molecule has 0 bridgehead atoms. The van der Waals surface area contributed by atoms with E-state index in [-0.39, 0.29) is 5.91 Å². The molecule has 0 saturated heterocycles. The van der Waals surface area contributed by atoms with Crippen molar-refractivity contribution in [2.75, 3.05) is 5.32 Å². The van der Waals surface area contributed by atoms with E-state index in [4.69, 9.17) is 5.73 Å². The van der Waals surface area contributed by atoms with Crippen molar-refractivity contribution in [3.63, 3.8) is 0 Å². The largest absolute Gasteiger partial charge is 0.366 e. The molecule has 0 spiro atoms. The van der Waals surface area contributed by atoms with E-state index in [0.717, 1.165) is 5.56 Å². The zero-order chi connectivity index (χ0) is 12.1. The standard InChI is InChI=1S/C12H14N2O2/c1-8(12(13)16)7-10-5-3-4-6-11(10)14-9(2)15/h3-7H,1-2H3,(H2,13,16)(H,14,15). The number of amides is 2. The van der Waals surface area contributed by atoms with Crippen LogP contribution in [0.4, 0.5) is 5.69 Å². The van der Waals surface area contributed by atoms with E-state index in [1.54, 1.807) is 25.1 Å². The molecule has 0 aliphatic heterocycles. The predicted octanol–water partition coefficient (Wildman–Crippen LogP) is 1.53. The zero-order valence-corrected chi connectivity index (χ0v) is 9.28. The minimum absolute atomic E-state index is 0.155. The number of benzene rings is 1. The van der Waals surface area contributed by atoms with E-state index in [0.29, 0.717) is 11.3 Å². The number of hydrogen-bond acceptors (Lipinski definition) is 2. The Hall–Kier alpha value is -2.10. The molecular formula is C12H14N2O2. The minimum Gasteiger partial charge on any atom is -0.366 e. The SMILES string of the molecule is CC(=O)Nc1ccccc1C=C(C)C(N)=O. The Morgan fingerprint density at radius 1 is 1.25 bits per heavy atom. The van der Waals surface area contributed by atoms with Crippen molar-refractivity contribution in [1.29, 1.82) is 0 Å². The van der Waals surface area contributed by atoms with Gasteiger partial charge in [-0.2, -0.15) is 0 Å². The lowest BCUT2D eigenvalue weighted by Crippen LogP contribution is -2.12. The van der Waals surface area contributed by atoms with Gasteiger partial charge in [0.1, 0.15) is 0 Å². The van der Waals surface area contributed by atoms with Crippen LogP contribution in [0.5, 0.6) is 0 Å². The summed E-state index contributed by atoms with van der Waals surface area (Å²) in [7, 11) is 0. The number of nitrogens with two attached hydrogens (primary N) is 1. The van der Waals surface area contributed by atoms with Crippen LogP contribution >= 0.6 is 0 Å². The van der Waals surface area contributed by atoms with Crippen LogP contribution in [0.3, 0.4) is 0 Å². The normalized spacial score (nSPS) is 11.0. The van der Waals surface area contributed by atoms with Crippen LogP contribution in [0.15, 0.2) is 29.8 Å². The average Bonchev–Trinajstić information content (AvgIpc) is 2.20. The first-order chi connectivity index (χ1) is 7.50. The predicted molar refractivity (Wildman–Crippen MR) is 63.6 cm³/mol. The fourth-order valence-corrected chi connectivity index (χ4v) is 1.23. The van der Waals surface area contributed by atoms with Crippen molar-refractivity contribution in [2.24, 2.45) is 5.73 Å². The molecule has 4 nitrogen and oxygen atoms in total. The molecule has 16 heavy (non-hydrogen) atoms. The molecule has 3 N–H and O–H groups in total. The molecule has 0 unspecified atom stereocenters. The van der Waals surface area contributed by atoms with Gasteiger partial charge in [-0.1, -0.05) is 18.2 Å². The molecule has 0 aromatic heterocycles. The number of carbonyl (C=O) groups is 2. The number of carbonyl (C=O) groups excluding carboxylic acids is 2. The van der Waals surface area contributed by atoms with Crippen LogP contribution in [0, 0.1) is 0 Å². The zero-order valence-electron chi connectivity index (χ0n) is 9.28. The van der Waals surface area contributed by atoms with Crippen LogP contribution in [-0.2, 0) is 9.59 Å². The van der Waals surface area contributed by atoms with Gasteiger partial charge in [0.25, 0.3) is 0 Å². The van der Waals surface area contributed by atoms with Gasteiger partial charge in [-0.3, -0.25) is 9.59 Å². The highest BCUT2D eigenvalue weighted by Gasteiger charge is 2.03. The second-order valence-electron chi connectivity index (χ2n) is 3.46. The summed E-state index contributed by atoms with van der Waals surface area (Å²) in [6.07, 6.45) is 1.65. The number of nitrogens with one attached hydrogen (secondary N) is 1. The van der Waals surface area contributed by atoms with Crippen molar-refractivity contribution in [3.8, 4) is 0 Å². The molecule has 2 amide bonds. The second-order valence-corrected chi connectivity index (χ2v) is 3.46. The van der Waals surface area contributed by atoms with Gasteiger partial charge >= 0.3 is 0 Å². The lowest BCUT2D eigenvalue weighted by atomic mass is 10.1.